The summed E-state index contributed by atoms with van der Waals surface area (Å²) < 4.78 is 13.7. The molecule has 1 atom stereocenters. The van der Waals surface area contributed by atoms with Crippen LogP contribution in [0.3, 0.4) is 0 Å². The second-order valence-electron chi connectivity index (χ2n) is 4.52. The molecule has 0 aliphatic carbocycles. The van der Waals surface area contributed by atoms with Gasteiger partial charge in [-0.3, -0.25) is 0 Å². The minimum absolute atomic E-state index is 0.318. The number of alkyl halides is 1. The first-order valence-corrected chi connectivity index (χ1v) is 5.33. The third kappa shape index (κ3) is 1.99. The van der Waals surface area contributed by atoms with E-state index in [1.807, 2.05) is 11.8 Å². The third-order valence-electron chi connectivity index (χ3n) is 2.86. The van der Waals surface area contributed by atoms with Gasteiger partial charge < -0.3 is 4.90 Å². The monoisotopic (exact) mass is 219 g/mol. The first-order chi connectivity index (χ1) is 7.52. The zero-order chi connectivity index (χ0) is 11.8. The Balaban J connectivity index is 2.34. The van der Waals surface area contributed by atoms with E-state index < -0.39 is 5.67 Å². The molecule has 1 fully saturated rings. The van der Waals surface area contributed by atoms with E-state index in [1.54, 1.807) is 19.1 Å². The van der Waals surface area contributed by atoms with Crippen molar-refractivity contribution in [2.45, 2.75) is 25.9 Å². The Morgan fingerprint density at radius 1 is 1.56 bits per heavy atom. The van der Waals surface area contributed by atoms with Gasteiger partial charge in [0.2, 0.25) is 0 Å². The van der Waals surface area contributed by atoms with Crippen LogP contribution in [0.2, 0.25) is 0 Å². The van der Waals surface area contributed by atoms with E-state index in [4.69, 9.17) is 5.26 Å². The number of rotatable bonds is 1. The van der Waals surface area contributed by atoms with E-state index in [-0.39, 0.29) is 0 Å². The fraction of sp³-hybridized carbons (Fsp3) is 0.500. The summed E-state index contributed by atoms with van der Waals surface area (Å²) in [6.07, 6.45) is 0.494. The molecule has 84 valence electrons. The summed E-state index contributed by atoms with van der Waals surface area (Å²) in [5.74, 6) is 0.615. The Labute approximate surface area is 94.5 Å². The van der Waals surface area contributed by atoms with Crippen molar-refractivity contribution in [1.29, 1.82) is 5.26 Å². The van der Waals surface area contributed by atoms with Crippen molar-refractivity contribution in [3.05, 3.63) is 23.4 Å². The Morgan fingerprint density at radius 3 is 2.88 bits per heavy atom. The van der Waals surface area contributed by atoms with Gasteiger partial charge in [0, 0.05) is 18.7 Å². The second-order valence-corrected chi connectivity index (χ2v) is 4.52. The molecule has 16 heavy (non-hydrogen) atoms. The van der Waals surface area contributed by atoms with Crippen LogP contribution in [0.1, 0.15) is 24.6 Å². The lowest BCUT2D eigenvalue weighted by atomic mass is 10.1. The molecule has 0 bridgehead atoms. The normalized spacial score (nSPS) is 24.5. The predicted octanol–water partition coefficient (Wildman–Crippen LogP) is 2.20. The van der Waals surface area contributed by atoms with E-state index >= 15 is 0 Å². The van der Waals surface area contributed by atoms with Crippen molar-refractivity contribution in [3.8, 4) is 6.07 Å². The van der Waals surface area contributed by atoms with Crippen LogP contribution in [0.15, 0.2) is 12.1 Å². The molecule has 1 aromatic heterocycles. The molecule has 1 aromatic rings. The summed E-state index contributed by atoms with van der Waals surface area (Å²) >= 11 is 0. The molecule has 1 aliphatic heterocycles. The fourth-order valence-corrected chi connectivity index (χ4v) is 1.98. The average Bonchev–Trinajstić information content (AvgIpc) is 2.59. The molecule has 0 saturated carbocycles. The zero-order valence-electron chi connectivity index (χ0n) is 9.50. The van der Waals surface area contributed by atoms with Crippen LogP contribution in [-0.2, 0) is 0 Å². The van der Waals surface area contributed by atoms with Gasteiger partial charge in [0.25, 0.3) is 0 Å². The summed E-state index contributed by atoms with van der Waals surface area (Å²) in [5.41, 5.74) is 0.197. The molecule has 1 aliphatic rings. The number of pyridine rings is 1. The first kappa shape index (κ1) is 10.9. The lowest BCUT2D eigenvalue weighted by Gasteiger charge is -2.19. The predicted molar refractivity (Wildman–Crippen MR) is 60.0 cm³/mol. The SMILES string of the molecule is Cc1ccc(C#N)c(N2CC[C@@](C)(F)C2)n1. The minimum atomic E-state index is -1.17. The van der Waals surface area contributed by atoms with E-state index in [1.165, 1.54) is 0 Å². The van der Waals surface area contributed by atoms with Gasteiger partial charge >= 0.3 is 0 Å². The number of aromatic nitrogens is 1. The number of hydrogen-bond acceptors (Lipinski definition) is 3. The third-order valence-corrected chi connectivity index (χ3v) is 2.86. The van der Waals surface area contributed by atoms with Crippen molar-refractivity contribution in [3.63, 3.8) is 0 Å². The lowest BCUT2D eigenvalue weighted by molar-refractivity contribution is 0.221. The molecule has 0 aromatic carbocycles. The van der Waals surface area contributed by atoms with Crippen molar-refractivity contribution in [2.24, 2.45) is 0 Å². The summed E-state index contributed by atoms with van der Waals surface area (Å²) in [6, 6.07) is 5.64. The zero-order valence-corrected chi connectivity index (χ0v) is 9.50. The fourth-order valence-electron chi connectivity index (χ4n) is 1.98. The largest absolute Gasteiger partial charge is 0.352 e. The molecule has 0 amide bonds. The first-order valence-electron chi connectivity index (χ1n) is 5.33. The number of nitrogens with zero attached hydrogens (tertiary/aromatic N) is 3. The maximum absolute atomic E-state index is 13.7. The number of nitriles is 1. The Hall–Kier alpha value is -1.63. The van der Waals surface area contributed by atoms with Gasteiger partial charge in [-0.25, -0.2) is 9.37 Å². The molecule has 0 unspecified atom stereocenters. The number of aryl methyl sites for hydroxylation is 1. The van der Waals surface area contributed by atoms with Crippen LogP contribution in [0.25, 0.3) is 0 Å². The summed E-state index contributed by atoms with van der Waals surface area (Å²) in [6.45, 7) is 4.40. The highest BCUT2D eigenvalue weighted by Gasteiger charge is 2.34. The van der Waals surface area contributed by atoms with Crippen LogP contribution in [0, 0.1) is 18.3 Å². The van der Waals surface area contributed by atoms with Crippen LogP contribution < -0.4 is 4.90 Å². The van der Waals surface area contributed by atoms with Gasteiger partial charge in [-0.05, 0) is 26.0 Å². The van der Waals surface area contributed by atoms with Crippen LogP contribution in [0.4, 0.5) is 10.2 Å². The number of hydrogen-bond donors (Lipinski definition) is 0. The smallest absolute Gasteiger partial charge is 0.146 e. The van der Waals surface area contributed by atoms with Crippen molar-refractivity contribution < 1.29 is 4.39 Å². The van der Waals surface area contributed by atoms with Crippen LogP contribution >= 0.6 is 0 Å². The summed E-state index contributed by atoms with van der Waals surface area (Å²) in [4.78, 5) is 6.18. The van der Waals surface area contributed by atoms with Gasteiger partial charge in [-0.1, -0.05) is 0 Å². The number of halogens is 1. The van der Waals surface area contributed by atoms with Crippen molar-refractivity contribution >= 4 is 5.82 Å². The summed E-state index contributed by atoms with van der Waals surface area (Å²) in [7, 11) is 0. The van der Waals surface area contributed by atoms with E-state index in [0.717, 1.165) is 5.69 Å². The van der Waals surface area contributed by atoms with Crippen LogP contribution in [0.5, 0.6) is 0 Å². The molecule has 1 saturated heterocycles. The van der Waals surface area contributed by atoms with Crippen molar-refractivity contribution in [1.82, 2.24) is 4.98 Å². The Kier molecular flexibility index (Phi) is 2.55. The molecule has 2 heterocycles. The molecule has 2 rings (SSSR count). The van der Waals surface area contributed by atoms with Gasteiger partial charge in [0.1, 0.15) is 17.6 Å². The van der Waals surface area contributed by atoms with Gasteiger partial charge in [0.05, 0.1) is 12.1 Å². The maximum atomic E-state index is 13.7. The van der Waals surface area contributed by atoms with Gasteiger partial charge in [-0.15, -0.1) is 0 Å². The van der Waals surface area contributed by atoms with Crippen molar-refractivity contribution in [2.75, 3.05) is 18.0 Å². The van der Waals surface area contributed by atoms with Crippen LogP contribution in [-0.4, -0.2) is 23.7 Å². The molecule has 0 radical (unpaired) electrons. The highest BCUT2D eigenvalue weighted by molar-refractivity contribution is 5.55. The topological polar surface area (TPSA) is 39.9 Å². The minimum Gasteiger partial charge on any atom is -0.352 e. The molecule has 4 heteroatoms. The van der Waals surface area contributed by atoms with E-state index in [0.29, 0.717) is 30.9 Å². The standard InChI is InChI=1S/C12H14FN3/c1-9-3-4-10(7-14)11(15-9)16-6-5-12(2,13)8-16/h3-4H,5-6,8H2,1-2H3/t12-/m1/s1. The highest BCUT2D eigenvalue weighted by atomic mass is 19.1. The van der Waals surface area contributed by atoms with Gasteiger partial charge in [0.15, 0.2) is 0 Å². The Morgan fingerprint density at radius 2 is 2.31 bits per heavy atom. The Bertz CT molecular complexity index is 448. The second kappa shape index (κ2) is 3.75. The number of anilines is 1. The average molecular weight is 219 g/mol. The molecular weight excluding hydrogens is 205 g/mol. The summed E-state index contributed by atoms with van der Waals surface area (Å²) in [5, 5.41) is 8.99. The molecule has 0 spiro atoms. The van der Waals surface area contributed by atoms with E-state index in [2.05, 4.69) is 11.1 Å². The lowest BCUT2D eigenvalue weighted by Crippen LogP contribution is -2.27. The van der Waals surface area contributed by atoms with Gasteiger partial charge in [-0.2, -0.15) is 5.26 Å². The highest BCUT2D eigenvalue weighted by Crippen LogP contribution is 2.29. The molecule has 3 nitrogen and oxygen atoms in total. The van der Waals surface area contributed by atoms with E-state index in [9.17, 15) is 4.39 Å². The molecule has 0 N–H and O–H groups in total. The maximum Gasteiger partial charge on any atom is 0.146 e. The molecular formula is C12H14FN3. The quantitative estimate of drug-likeness (QED) is 0.727.